The second-order valence-electron chi connectivity index (χ2n) is 9.07. The maximum Gasteiger partial charge on any atom is 0.472 e. The number of aliphatic hydroxyl groups is 2. The number of phosphoric ester groups is 1. The smallest absolute Gasteiger partial charge is 0.468 e. The molecule has 42 heavy (non-hydrogen) atoms. The van der Waals surface area contributed by atoms with Crippen LogP contribution in [0, 0.1) is 0 Å². The second-order valence-corrected chi connectivity index (χ2v) is 10.5. The number of anilines is 1. The first-order chi connectivity index (χ1) is 20.0. The number of imidazole rings is 2. The molecule has 1 saturated heterocycles. The lowest BCUT2D eigenvalue weighted by Gasteiger charge is -2.24. The summed E-state index contributed by atoms with van der Waals surface area (Å²) in [5.74, 6) is -2.12. The number of nitrogen functional groups attached to an aromatic ring is 1. The molecule has 0 spiro atoms. The molecule has 0 aromatic carbocycles. The van der Waals surface area contributed by atoms with Gasteiger partial charge in [0.05, 0.1) is 25.9 Å². The van der Waals surface area contributed by atoms with E-state index >= 15 is 4.39 Å². The number of ether oxygens (including phenoxy) is 2. The molecule has 4 aromatic rings. The molecule has 0 saturated carbocycles. The monoisotopic (exact) mass is 615 g/mol. The number of halogens is 2. The number of alkyl halides is 1. The fourth-order valence-electron chi connectivity index (χ4n) is 4.50. The molecule has 0 amide bonds. The van der Waals surface area contributed by atoms with Crippen molar-refractivity contribution in [3.63, 3.8) is 0 Å². The molecule has 22 heteroatoms. The van der Waals surface area contributed by atoms with Crippen LogP contribution in [0.25, 0.3) is 28.2 Å². The number of hydrogen-bond acceptors (Lipinski definition) is 14. The molecular weight excluding hydrogens is 595 g/mol. The SMILES string of the molecule is Nc1nc2c(ncn2[C@@H]2O[C@H](CO)[C@@H](F)[C@H]2OP(=O)(O)OC[C@H]2OC(n3cnc4c(=O)[nH]cnc43)=C(F)[C@@H]2O)c(=O)[nH]1. The van der Waals surface area contributed by atoms with Crippen LogP contribution >= 0.6 is 7.82 Å². The van der Waals surface area contributed by atoms with E-state index in [2.05, 4.69) is 29.9 Å². The van der Waals surface area contributed by atoms with E-state index in [4.69, 9.17) is 24.3 Å². The number of nitrogens with one attached hydrogen (secondary N) is 2. The van der Waals surface area contributed by atoms with Crippen LogP contribution in [0.5, 0.6) is 0 Å². The van der Waals surface area contributed by atoms with Gasteiger partial charge >= 0.3 is 7.82 Å². The van der Waals surface area contributed by atoms with E-state index in [0.717, 1.165) is 28.1 Å². The Kier molecular flexibility index (Phi) is 6.88. The third-order valence-corrected chi connectivity index (χ3v) is 7.45. The van der Waals surface area contributed by atoms with E-state index in [9.17, 15) is 33.7 Å². The predicted molar refractivity (Wildman–Crippen MR) is 132 cm³/mol. The fourth-order valence-corrected chi connectivity index (χ4v) is 5.43. The van der Waals surface area contributed by atoms with Crippen molar-refractivity contribution in [2.24, 2.45) is 0 Å². The van der Waals surface area contributed by atoms with E-state index in [1.54, 1.807) is 0 Å². The lowest BCUT2D eigenvalue weighted by molar-refractivity contribution is -0.0519. The van der Waals surface area contributed by atoms with Crippen LogP contribution in [-0.2, 0) is 23.1 Å². The van der Waals surface area contributed by atoms with Crippen molar-refractivity contribution in [1.29, 1.82) is 0 Å². The van der Waals surface area contributed by atoms with Crippen molar-refractivity contribution < 1.29 is 47.0 Å². The highest BCUT2D eigenvalue weighted by atomic mass is 31.2. The average Bonchev–Trinajstić information content (AvgIpc) is 3.69. The van der Waals surface area contributed by atoms with Gasteiger partial charge in [-0.15, -0.1) is 0 Å². The molecule has 7 atom stereocenters. The molecular formula is C20H20F2N9O10P. The second kappa shape index (κ2) is 10.3. The van der Waals surface area contributed by atoms with Gasteiger partial charge in [0.25, 0.3) is 11.1 Å². The Morgan fingerprint density at radius 2 is 1.88 bits per heavy atom. The molecule has 1 unspecified atom stereocenters. The summed E-state index contributed by atoms with van der Waals surface area (Å²) in [4.78, 5) is 54.5. The van der Waals surface area contributed by atoms with E-state index in [-0.39, 0.29) is 28.3 Å². The summed E-state index contributed by atoms with van der Waals surface area (Å²) in [6.07, 6.45) is -7.69. The van der Waals surface area contributed by atoms with Crippen LogP contribution in [-0.4, -0.2) is 97.9 Å². The molecule has 2 aliphatic heterocycles. The first kappa shape index (κ1) is 28.0. The molecule has 1 fully saturated rings. The number of nitrogens with zero attached hydrogens (tertiary/aromatic N) is 6. The first-order valence-electron chi connectivity index (χ1n) is 11.9. The predicted octanol–water partition coefficient (Wildman–Crippen LogP) is -1.58. The van der Waals surface area contributed by atoms with E-state index in [1.807, 2.05) is 0 Å². The maximum atomic E-state index is 15.2. The van der Waals surface area contributed by atoms with E-state index in [1.165, 1.54) is 0 Å². The van der Waals surface area contributed by atoms with Gasteiger partial charge in [0.15, 0.2) is 46.7 Å². The molecule has 19 nitrogen and oxygen atoms in total. The lowest BCUT2D eigenvalue weighted by Crippen LogP contribution is -2.32. The summed E-state index contributed by atoms with van der Waals surface area (Å²) in [5, 5.41) is 19.9. The average molecular weight is 615 g/mol. The summed E-state index contributed by atoms with van der Waals surface area (Å²) >= 11 is 0. The molecule has 6 heterocycles. The first-order valence-corrected chi connectivity index (χ1v) is 13.4. The summed E-state index contributed by atoms with van der Waals surface area (Å²) in [6, 6.07) is 0. The molecule has 0 aliphatic carbocycles. The van der Waals surface area contributed by atoms with Crippen molar-refractivity contribution in [1.82, 2.24) is 39.0 Å². The van der Waals surface area contributed by atoms with Crippen molar-refractivity contribution in [3.8, 4) is 0 Å². The van der Waals surface area contributed by atoms with Crippen molar-refractivity contribution in [2.75, 3.05) is 18.9 Å². The van der Waals surface area contributed by atoms with Gasteiger partial charge in [-0.2, -0.15) is 4.98 Å². The molecule has 6 rings (SSSR count). The topological polar surface area (TPSA) is 268 Å². The number of fused-ring (bicyclic) bond motifs is 2. The Labute approximate surface area is 229 Å². The van der Waals surface area contributed by atoms with Gasteiger partial charge < -0.3 is 35.3 Å². The number of rotatable bonds is 8. The standard InChI is InChI=1S/C20H20F2N9O10P/c21-8-6(1-32)39-19(31-5-27-11-15(31)28-20(23)29-17(11)35)13(8)41-42(36,37)38-2-7-12(33)9(22)18(40-7)30-4-26-10-14(30)24-3-25-16(10)34/h3-8,12-13,19,32-33H,1-2H2,(H,36,37)(H,24,25,34)(H3,23,28,29,35)/t6-,7-,8-,12-,13-,19-/m1/s1. The molecule has 2 aliphatic rings. The Hall–Kier alpha value is -4.11. The molecule has 0 bridgehead atoms. The minimum Gasteiger partial charge on any atom is -0.468 e. The summed E-state index contributed by atoms with van der Waals surface area (Å²) in [7, 11) is -5.22. The van der Waals surface area contributed by atoms with Crippen LogP contribution in [0.4, 0.5) is 14.7 Å². The molecule has 4 aromatic heterocycles. The zero-order valence-corrected chi connectivity index (χ0v) is 21.7. The summed E-state index contributed by atoms with van der Waals surface area (Å²) < 4.78 is 65.7. The highest BCUT2D eigenvalue weighted by molar-refractivity contribution is 7.47. The Balaban J connectivity index is 1.19. The molecule has 0 radical (unpaired) electrons. The number of aromatic nitrogens is 8. The largest absolute Gasteiger partial charge is 0.472 e. The van der Waals surface area contributed by atoms with Crippen LogP contribution in [0.3, 0.4) is 0 Å². The zero-order chi connectivity index (χ0) is 29.9. The van der Waals surface area contributed by atoms with Crippen LogP contribution < -0.4 is 16.9 Å². The minimum absolute atomic E-state index is 0.0983. The van der Waals surface area contributed by atoms with Crippen LogP contribution in [0.2, 0.25) is 0 Å². The normalized spacial score (nSPS) is 27.6. The summed E-state index contributed by atoms with van der Waals surface area (Å²) in [6.45, 7) is -1.79. The fraction of sp³-hybridized carbons (Fsp3) is 0.400. The number of nitrogens with two attached hydrogens (primary N) is 1. The Bertz CT molecular complexity index is 1870. The van der Waals surface area contributed by atoms with Crippen molar-refractivity contribution in [2.45, 2.75) is 36.8 Å². The van der Waals surface area contributed by atoms with E-state index < -0.39 is 80.7 Å². The van der Waals surface area contributed by atoms with Gasteiger partial charge in [-0.05, 0) is 0 Å². The van der Waals surface area contributed by atoms with Gasteiger partial charge in [-0.25, -0.2) is 28.3 Å². The Morgan fingerprint density at radius 3 is 2.64 bits per heavy atom. The highest BCUT2D eigenvalue weighted by Gasteiger charge is 2.51. The number of H-pyrrole nitrogens is 2. The quantitative estimate of drug-likeness (QED) is 0.122. The third-order valence-electron chi connectivity index (χ3n) is 6.46. The lowest BCUT2D eigenvalue weighted by atomic mass is 10.1. The van der Waals surface area contributed by atoms with Gasteiger partial charge in [0, 0.05) is 0 Å². The number of phosphoric acid groups is 1. The highest BCUT2D eigenvalue weighted by Crippen LogP contribution is 2.50. The maximum absolute atomic E-state index is 15.2. The summed E-state index contributed by atoms with van der Waals surface area (Å²) in [5.41, 5.74) is 3.62. The van der Waals surface area contributed by atoms with Gasteiger partial charge in [-0.3, -0.25) is 32.8 Å². The van der Waals surface area contributed by atoms with Crippen LogP contribution in [0.15, 0.2) is 34.4 Å². The van der Waals surface area contributed by atoms with E-state index in [0.29, 0.717) is 0 Å². The van der Waals surface area contributed by atoms with Crippen LogP contribution in [0.1, 0.15) is 6.23 Å². The molecule has 224 valence electrons. The molecule has 7 N–H and O–H groups in total. The van der Waals surface area contributed by atoms with Crippen molar-refractivity contribution in [3.05, 3.63) is 45.5 Å². The number of hydrogen-bond donors (Lipinski definition) is 6. The third kappa shape index (κ3) is 4.65. The zero-order valence-electron chi connectivity index (χ0n) is 20.8. The minimum atomic E-state index is -5.22. The number of aliphatic hydroxyl groups excluding tert-OH is 2. The number of aromatic amines is 2. The van der Waals surface area contributed by atoms with Crippen molar-refractivity contribution >= 4 is 42.0 Å². The van der Waals surface area contributed by atoms with Gasteiger partial charge in [0.2, 0.25) is 11.8 Å². The van der Waals surface area contributed by atoms with Gasteiger partial charge in [-0.1, -0.05) is 0 Å². The Morgan fingerprint density at radius 1 is 1.14 bits per heavy atom. The van der Waals surface area contributed by atoms with Gasteiger partial charge in [0.1, 0.15) is 24.6 Å².